The summed E-state index contributed by atoms with van der Waals surface area (Å²) < 4.78 is 0. The third kappa shape index (κ3) is 1.69. The fourth-order valence-corrected chi connectivity index (χ4v) is 0.400. The minimum absolute atomic E-state index is 0.935. The minimum Gasteiger partial charge on any atom is -0.403 e. The normalized spacial score (nSPS) is 11.0. The molecule has 2 N–H and O–H groups in total. The summed E-state index contributed by atoms with van der Waals surface area (Å²) in [5.74, 6) is 0. The van der Waals surface area contributed by atoms with Gasteiger partial charge in [-0.05, 0) is 6.08 Å². The summed E-state index contributed by atoms with van der Waals surface area (Å²) in [7, 11) is 3.83. The van der Waals surface area contributed by atoms with Crippen LogP contribution in [0.1, 0.15) is 0 Å². The molecular weight excluding hydrogens is 100 g/mol. The molecule has 0 fully saturated rings. The third-order valence-electron chi connectivity index (χ3n) is 0.896. The topological polar surface area (TPSA) is 29.3 Å². The van der Waals surface area contributed by atoms with Crippen molar-refractivity contribution in [2.24, 2.45) is 5.73 Å². The highest BCUT2D eigenvalue weighted by Gasteiger charge is 1.87. The Morgan fingerprint density at radius 3 is 2.12 bits per heavy atom. The molecule has 2 heteroatoms. The van der Waals surface area contributed by atoms with Crippen LogP contribution in [0.5, 0.6) is 0 Å². The third-order valence-corrected chi connectivity index (χ3v) is 0.896. The summed E-state index contributed by atoms with van der Waals surface area (Å²) in [4.78, 5) is 1.90. The van der Waals surface area contributed by atoms with Crippen molar-refractivity contribution in [2.75, 3.05) is 14.1 Å². The zero-order valence-electron chi connectivity index (χ0n) is 5.39. The predicted octanol–water partition coefficient (Wildman–Crippen LogP) is 0.534. The average molecular weight is 112 g/mol. The summed E-state index contributed by atoms with van der Waals surface area (Å²) in [5.41, 5.74) is 6.14. The molecule has 0 atom stereocenters. The van der Waals surface area contributed by atoms with E-state index in [0.717, 1.165) is 5.70 Å². The van der Waals surface area contributed by atoms with E-state index < -0.39 is 0 Å². The second-order valence-electron chi connectivity index (χ2n) is 1.69. The highest BCUT2D eigenvalue weighted by Crippen LogP contribution is 1.94. The van der Waals surface area contributed by atoms with Crippen LogP contribution in [0.15, 0.2) is 24.6 Å². The van der Waals surface area contributed by atoms with Crippen LogP contribution >= 0.6 is 0 Å². The van der Waals surface area contributed by atoms with Crippen molar-refractivity contribution in [1.29, 1.82) is 0 Å². The predicted molar refractivity (Wildman–Crippen MR) is 36.2 cm³/mol. The van der Waals surface area contributed by atoms with E-state index in [4.69, 9.17) is 5.73 Å². The highest BCUT2D eigenvalue weighted by molar-refractivity contribution is 5.11. The first-order valence-corrected chi connectivity index (χ1v) is 2.44. The summed E-state index contributed by atoms with van der Waals surface area (Å²) in [6, 6.07) is 0. The summed E-state index contributed by atoms with van der Waals surface area (Å²) in [5, 5.41) is 0. The Hall–Kier alpha value is -0.920. The summed E-state index contributed by atoms with van der Waals surface area (Å²) in [6.07, 6.45) is 3.23. The van der Waals surface area contributed by atoms with Gasteiger partial charge in [-0.15, -0.1) is 0 Å². The van der Waals surface area contributed by atoms with E-state index in [2.05, 4.69) is 6.58 Å². The van der Waals surface area contributed by atoms with Crippen LogP contribution in [-0.2, 0) is 0 Å². The lowest BCUT2D eigenvalue weighted by atomic mass is 10.4. The molecule has 0 heterocycles. The Morgan fingerprint density at radius 1 is 1.62 bits per heavy atom. The van der Waals surface area contributed by atoms with Gasteiger partial charge in [-0.3, -0.25) is 0 Å². The van der Waals surface area contributed by atoms with Gasteiger partial charge in [0.05, 0.1) is 5.70 Å². The maximum absolute atomic E-state index is 5.21. The maximum Gasteiger partial charge on any atom is 0.0512 e. The largest absolute Gasteiger partial charge is 0.403 e. The second kappa shape index (κ2) is 3.13. The van der Waals surface area contributed by atoms with Crippen molar-refractivity contribution in [1.82, 2.24) is 4.90 Å². The minimum atomic E-state index is 0.935. The SMILES string of the molecule is C=C/C(=C\N)N(C)C. The molecule has 0 saturated heterocycles. The van der Waals surface area contributed by atoms with Gasteiger partial charge in [0.15, 0.2) is 0 Å². The van der Waals surface area contributed by atoms with Gasteiger partial charge in [-0.2, -0.15) is 0 Å². The van der Waals surface area contributed by atoms with E-state index in [1.165, 1.54) is 6.20 Å². The van der Waals surface area contributed by atoms with Gasteiger partial charge in [0.2, 0.25) is 0 Å². The Balaban J connectivity index is 3.91. The zero-order valence-corrected chi connectivity index (χ0v) is 5.39. The molecule has 0 bridgehead atoms. The number of nitrogens with zero attached hydrogens (tertiary/aromatic N) is 1. The van der Waals surface area contributed by atoms with Crippen molar-refractivity contribution in [3.05, 3.63) is 24.6 Å². The van der Waals surface area contributed by atoms with Crippen molar-refractivity contribution in [3.63, 3.8) is 0 Å². The van der Waals surface area contributed by atoms with Gasteiger partial charge in [0.1, 0.15) is 0 Å². The molecule has 0 radical (unpaired) electrons. The Kier molecular flexibility index (Phi) is 2.77. The Morgan fingerprint density at radius 2 is 2.12 bits per heavy atom. The van der Waals surface area contributed by atoms with Crippen LogP contribution < -0.4 is 5.73 Å². The average Bonchev–Trinajstić information content (AvgIpc) is 1.69. The zero-order chi connectivity index (χ0) is 6.57. The summed E-state index contributed by atoms with van der Waals surface area (Å²) in [6.45, 7) is 3.56. The number of allylic oxidation sites excluding steroid dienone is 1. The lowest BCUT2D eigenvalue weighted by molar-refractivity contribution is 0.528. The Bertz CT molecular complexity index is 103. The quantitative estimate of drug-likeness (QED) is 0.528. The molecule has 0 unspecified atom stereocenters. The van der Waals surface area contributed by atoms with Crippen LogP contribution in [0.2, 0.25) is 0 Å². The molecule has 0 amide bonds. The number of hydrogen-bond donors (Lipinski definition) is 1. The first-order valence-electron chi connectivity index (χ1n) is 2.44. The fraction of sp³-hybridized carbons (Fsp3) is 0.333. The van der Waals surface area contributed by atoms with E-state index in [9.17, 15) is 0 Å². The van der Waals surface area contributed by atoms with Crippen molar-refractivity contribution < 1.29 is 0 Å². The number of hydrogen-bond acceptors (Lipinski definition) is 2. The molecule has 0 saturated carbocycles. The maximum atomic E-state index is 5.21. The van der Waals surface area contributed by atoms with E-state index in [0.29, 0.717) is 0 Å². The second-order valence-corrected chi connectivity index (χ2v) is 1.69. The van der Waals surface area contributed by atoms with Gasteiger partial charge in [0.25, 0.3) is 0 Å². The molecule has 0 aliphatic heterocycles. The molecule has 8 heavy (non-hydrogen) atoms. The lowest BCUT2D eigenvalue weighted by Crippen LogP contribution is -2.10. The molecule has 0 aliphatic carbocycles. The van der Waals surface area contributed by atoms with E-state index in [-0.39, 0.29) is 0 Å². The fourth-order valence-electron chi connectivity index (χ4n) is 0.400. The van der Waals surface area contributed by atoms with E-state index in [1.807, 2.05) is 19.0 Å². The van der Waals surface area contributed by atoms with Crippen LogP contribution in [0, 0.1) is 0 Å². The van der Waals surface area contributed by atoms with Gasteiger partial charge < -0.3 is 10.6 Å². The highest BCUT2D eigenvalue weighted by atomic mass is 15.1. The van der Waals surface area contributed by atoms with E-state index >= 15 is 0 Å². The number of rotatable bonds is 2. The van der Waals surface area contributed by atoms with Gasteiger partial charge in [-0.25, -0.2) is 0 Å². The molecule has 0 spiro atoms. The van der Waals surface area contributed by atoms with Gasteiger partial charge in [0, 0.05) is 20.3 Å². The smallest absolute Gasteiger partial charge is 0.0512 e. The van der Waals surface area contributed by atoms with Crippen LogP contribution in [0.25, 0.3) is 0 Å². The molecule has 0 aromatic rings. The number of nitrogens with two attached hydrogens (primary N) is 1. The van der Waals surface area contributed by atoms with Gasteiger partial charge in [-0.1, -0.05) is 6.58 Å². The van der Waals surface area contributed by atoms with Crippen molar-refractivity contribution in [2.45, 2.75) is 0 Å². The lowest BCUT2D eigenvalue weighted by Gasteiger charge is -2.10. The molecule has 0 aliphatic rings. The van der Waals surface area contributed by atoms with Crippen LogP contribution in [0.3, 0.4) is 0 Å². The molecule has 0 aromatic carbocycles. The Labute approximate surface area is 50.3 Å². The number of likely N-dealkylation sites (N-methyl/N-ethyl adjacent to an activating group) is 1. The summed E-state index contributed by atoms with van der Waals surface area (Å²) >= 11 is 0. The first-order chi connectivity index (χ1) is 3.72. The van der Waals surface area contributed by atoms with Crippen molar-refractivity contribution >= 4 is 0 Å². The van der Waals surface area contributed by atoms with Gasteiger partial charge >= 0.3 is 0 Å². The van der Waals surface area contributed by atoms with Crippen molar-refractivity contribution in [3.8, 4) is 0 Å². The van der Waals surface area contributed by atoms with Crippen LogP contribution in [0.4, 0.5) is 0 Å². The monoisotopic (exact) mass is 112 g/mol. The molecular formula is C6H12N2. The molecule has 46 valence electrons. The van der Waals surface area contributed by atoms with E-state index in [1.54, 1.807) is 6.08 Å². The molecule has 0 rings (SSSR count). The molecule has 0 aromatic heterocycles. The standard InChI is InChI=1S/C6H12N2/c1-4-6(5-7)8(2)3/h4-5H,1,7H2,2-3H3/b6-5+. The first kappa shape index (κ1) is 7.08. The van der Waals surface area contributed by atoms with Crippen LogP contribution in [-0.4, -0.2) is 19.0 Å². The molecule has 2 nitrogen and oxygen atoms in total.